The lowest BCUT2D eigenvalue weighted by Gasteiger charge is -2.32. The first-order chi connectivity index (χ1) is 9.00. The van der Waals surface area contributed by atoms with Gasteiger partial charge in [0.2, 0.25) is 0 Å². The topological polar surface area (TPSA) is 29.3 Å². The second-order valence-corrected chi connectivity index (χ2v) is 6.45. The van der Waals surface area contributed by atoms with E-state index in [4.69, 9.17) is 5.73 Å². The van der Waals surface area contributed by atoms with Crippen LogP contribution in [0, 0.1) is 18.8 Å². The van der Waals surface area contributed by atoms with Crippen LogP contribution >= 0.6 is 0 Å². The summed E-state index contributed by atoms with van der Waals surface area (Å²) in [6.07, 6.45) is 1.31. The third-order valence-corrected chi connectivity index (χ3v) is 4.60. The molecule has 2 N–H and O–H groups in total. The minimum Gasteiger partial charge on any atom is -0.326 e. The molecule has 2 rings (SSSR count). The number of nitrogens with zero attached hydrogens (tertiary/aromatic N) is 1. The summed E-state index contributed by atoms with van der Waals surface area (Å²) in [5, 5.41) is 0. The van der Waals surface area contributed by atoms with Gasteiger partial charge in [-0.25, -0.2) is 0 Å². The molecule has 0 aromatic heterocycles. The molecular formula is C17H28N2. The number of hydrogen-bond donors (Lipinski definition) is 1. The van der Waals surface area contributed by atoms with Crippen LogP contribution < -0.4 is 5.73 Å². The maximum absolute atomic E-state index is 6.30. The Hall–Kier alpha value is -0.860. The molecule has 1 aromatic carbocycles. The first-order valence-electron chi connectivity index (χ1n) is 7.56. The third-order valence-electron chi connectivity index (χ3n) is 4.60. The molecule has 1 aromatic rings. The molecule has 2 nitrogen and oxygen atoms in total. The van der Waals surface area contributed by atoms with E-state index < -0.39 is 0 Å². The molecule has 0 amide bonds. The van der Waals surface area contributed by atoms with Crippen molar-refractivity contribution in [1.82, 2.24) is 4.90 Å². The Bertz CT molecular complexity index is 411. The maximum Gasteiger partial charge on any atom is 0.0499 e. The van der Waals surface area contributed by atoms with Crippen molar-refractivity contribution in [3.8, 4) is 0 Å². The van der Waals surface area contributed by atoms with Crippen molar-refractivity contribution < 1.29 is 0 Å². The van der Waals surface area contributed by atoms with Gasteiger partial charge in [0.1, 0.15) is 0 Å². The Balaban J connectivity index is 2.21. The van der Waals surface area contributed by atoms with Gasteiger partial charge in [-0.2, -0.15) is 0 Å². The van der Waals surface area contributed by atoms with Crippen molar-refractivity contribution in [1.29, 1.82) is 0 Å². The SMILES string of the molecule is Cc1ccccc1C(C(C)N)N1CCC(C(C)C)C1. The number of aryl methyl sites for hydroxylation is 1. The van der Waals surface area contributed by atoms with Gasteiger partial charge >= 0.3 is 0 Å². The van der Waals surface area contributed by atoms with Crippen LogP contribution in [0.15, 0.2) is 24.3 Å². The molecule has 3 atom stereocenters. The van der Waals surface area contributed by atoms with Crippen LogP contribution in [0.2, 0.25) is 0 Å². The molecule has 1 heterocycles. The minimum atomic E-state index is 0.173. The van der Waals surface area contributed by atoms with E-state index in [1.165, 1.54) is 30.6 Å². The summed E-state index contributed by atoms with van der Waals surface area (Å²) in [6.45, 7) is 11.4. The zero-order valence-electron chi connectivity index (χ0n) is 12.8. The number of rotatable bonds is 4. The highest BCUT2D eigenvalue weighted by Crippen LogP contribution is 2.33. The Morgan fingerprint density at radius 2 is 1.89 bits per heavy atom. The summed E-state index contributed by atoms with van der Waals surface area (Å²) in [7, 11) is 0. The van der Waals surface area contributed by atoms with Gasteiger partial charge in [-0.05, 0) is 49.8 Å². The van der Waals surface area contributed by atoms with Gasteiger partial charge in [0.25, 0.3) is 0 Å². The molecule has 0 radical (unpaired) electrons. The highest BCUT2D eigenvalue weighted by Gasteiger charge is 2.32. The molecule has 1 aliphatic rings. The van der Waals surface area contributed by atoms with Gasteiger partial charge in [-0.3, -0.25) is 4.90 Å². The highest BCUT2D eigenvalue weighted by atomic mass is 15.2. The average molecular weight is 260 g/mol. The highest BCUT2D eigenvalue weighted by molar-refractivity contribution is 5.30. The molecule has 0 spiro atoms. The normalized spacial score (nSPS) is 23.8. The average Bonchev–Trinajstić information content (AvgIpc) is 2.81. The van der Waals surface area contributed by atoms with E-state index in [-0.39, 0.29) is 6.04 Å². The van der Waals surface area contributed by atoms with Gasteiger partial charge in [-0.1, -0.05) is 38.1 Å². The van der Waals surface area contributed by atoms with E-state index in [1.54, 1.807) is 0 Å². The Morgan fingerprint density at radius 3 is 2.42 bits per heavy atom. The Kier molecular flexibility index (Phi) is 4.64. The van der Waals surface area contributed by atoms with Gasteiger partial charge in [-0.15, -0.1) is 0 Å². The predicted molar refractivity (Wildman–Crippen MR) is 82.1 cm³/mol. The second kappa shape index (κ2) is 6.06. The molecule has 0 bridgehead atoms. The minimum absolute atomic E-state index is 0.173. The zero-order valence-corrected chi connectivity index (χ0v) is 12.8. The fourth-order valence-electron chi connectivity index (χ4n) is 3.34. The standard InChI is InChI=1S/C17H28N2/c1-12(2)15-9-10-19(11-15)17(14(4)18)16-8-6-5-7-13(16)3/h5-8,12,14-15,17H,9-11,18H2,1-4H3. The molecule has 1 aliphatic heterocycles. The van der Waals surface area contributed by atoms with Gasteiger partial charge in [0, 0.05) is 18.6 Å². The summed E-state index contributed by atoms with van der Waals surface area (Å²) in [5.41, 5.74) is 9.06. The molecule has 1 saturated heterocycles. The van der Waals surface area contributed by atoms with E-state index in [9.17, 15) is 0 Å². The van der Waals surface area contributed by atoms with Gasteiger partial charge < -0.3 is 5.73 Å². The monoisotopic (exact) mass is 260 g/mol. The van der Waals surface area contributed by atoms with Crippen molar-refractivity contribution in [3.63, 3.8) is 0 Å². The summed E-state index contributed by atoms with van der Waals surface area (Å²) < 4.78 is 0. The van der Waals surface area contributed by atoms with Crippen LogP contribution in [-0.2, 0) is 0 Å². The number of nitrogens with two attached hydrogens (primary N) is 1. The van der Waals surface area contributed by atoms with Crippen molar-refractivity contribution in [2.75, 3.05) is 13.1 Å². The molecule has 1 fully saturated rings. The van der Waals surface area contributed by atoms with Crippen molar-refractivity contribution >= 4 is 0 Å². The largest absolute Gasteiger partial charge is 0.326 e. The van der Waals surface area contributed by atoms with E-state index in [1.807, 2.05) is 0 Å². The van der Waals surface area contributed by atoms with Crippen LogP contribution in [0.1, 0.15) is 44.4 Å². The van der Waals surface area contributed by atoms with E-state index in [0.29, 0.717) is 6.04 Å². The Morgan fingerprint density at radius 1 is 1.21 bits per heavy atom. The van der Waals surface area contributed by atoms with Gasteiger partial charge in [0.05, 0.1) is 0 Å². The van der Waals surface area contributed by atoms with Gasteiger partial charge in [0.15, 0.2) is 0 Å². The molecule has 2 heteroatoms. The summed E-state index contributed by atoms with van der Waals surface area (Å²) in [5.74, 6) is 1.60. The first kappa shape index (κ1) is 14.5. The number of benzene rings is 1. The number of hydrogen-bond acceptors (Lipinski definition) is 2. The maximum atomic E-state index is 6.30. The summed E-state index contributed by atoms with van der Waals surface area (Å²) >= 11 is 0. The fraction of sp³-hybridized carbons (Fsp3) is 0.647. The van der Waals surface area contributed by atoms with Crippen LogP contribution in [0.5, 0.6) is 0 Å². The fourth-order valence-corrected chi connectivity index (χ4v) is 3.34. The third kappa shape index (κ3) is 3.18. The van der Waals surface area contributed by atoms with Crippen LogP contribution in [0.3, 0.4) is 0 Å². The lowest BCUT2D eigenvalue weighted by molar-refractivity contribution is 0.203. The summed E-state index contributed by atoms with van der Waals surface area (Å²) in [4.78, 5) is 2.59. The van der Waals surface area contributed by atoms with E-state index >= 15 is 0 Å². The lowest BCUT2D eigenvalue weighted by Crippen LogP contribution is -2.39. The zero-order chi connectivity index (χ0) is 14.0. The number of likely N-dealkylation sites (tertiary alicyclic amines) is 1. The smallest absolute Gasteiger partial charge is 0.0499 e. The molecular weight excluding hydrogens is 232 g/mol. The lowest BCUT2D eigenvalue weighted by atomic mass is 9.94. The molecule has 0 saturated carbocycles. The second-order valence-electron chi connectivity index (χ2n) is 6.45. The van der Waals surface area contributed by atoms with Crippen molar-refractivity contribution in [3.05, 3.63) is 35.4 Å². The molecule has 0 aliphatic carbocycles. The van der Waals surface area contributed by atoms with Crippen molar-refractivity contribution in [2.24, 2.45) is 17.6 Å². The predicted octanol–water partition coefficient (Wildman–Crippen LogP) is 3.36. The van der Waals surface area contributed by atoms with E-state index in [0.717, 1.165) is 11.8 Å². The summed E-state index contributed by atoms with van der Waals surface area (Å²) in [6, 6.07) is 9.22. The van der Waals surface area contributed by atoms with Crippen LogP contribution in [0.25, 0.3) is 0 Å². The van der Waals surface area contributed by atoms with Crippen molar-refractivity contribution in [2.45, 2.75) is 46.2 Å². The first-order valence-corrected chi connectivity index (χ1v) is 7.56. The molecule has 106 valence electrons. The Labute approximate surface area is 118 Å². The van der Waals surface area contributed by atoms with Crippen LogP contribution in [-0.4, -0.2) is 24.0 Å². The van der Waals surface area contributed by atoms with E-state index in [2.05, 4.69) is 56.9 Å². The molecule has 3 unspecified atom stereocenters. The van der Waals surface area contributed by atoms with Crippen LogP contribution in [0.4, 0.5) is 0 Å². The molecule has 19 heavy (non-hydrogen) atoms. The quantitative estimate of drug-likeness (QED) is 0.899.